The Morgan fingerprint density at radius 1 is 1.80 bits per heavy atom. The second kappa shape index (κ2) is 2.91. The number of nitrogens with zero attached hydrogens (tertiary/aromatic N) is 3. The molecule has 1 N–H and O–H groups in total. The minimum atomic E-state index is 0.682. The van der Waals surface area contributed by atoms with Crippen LogP contribution in [0.5, 0.6) is 0 Å². The quantitative estimate of drug-likeness (QED) is 0.621. The normalized spacial score (nSPS) is 10.5. The van der Waals surface area contributed by atoms with Crippen molar-refractivity contribution in [1.29, 1.82) is 0 Å². The predicted octanol–water partition coefficient (Wildman–Crippen LogP) is 2.03. The molecule has 1 aromatic heterocycles. The second-order valence-corrected chi connectivity index (χ2v) is 1.89. The molecule has 0 unspecified atom stereocenters. The third-order valence-corrected chi connectivity index (χ3v) is 0.820. The van der Waals surface area contributed by atoms with Gasteiger partial charge in [0, 0.05) is 6.20 Å². The zero-order valence-corrected chi connectivity index (χ0v) is 5.70. The van der Waals surface area contributed by atoms with Gasteiger partial charge in [0.2, 0.25) is 0 Å². The number of hydrogen-bond acceptors (Lipinski definition) is 3. The Labute approximate surface area is 58.7 Å². The maximum Gasteiger partial charge on any atom is 0.123 e. The van der Waals surface area contributed by atoms with E-state index in [0.717, 1.165) is 0 Å². The maximum absolute atomic E-state index is 3.80. The van der Waals surface area contributed by atoms with Crippen LogP contribution in [-0.2, 0) is 0 Å². The smallest absolute Gasteiger partial charge is 0.123 e. The highest BCUT2D eigenvalue weighted by Gasteiger charge is 1.85. The molecule has 0 aliphatic carbocycles. The van der Waals surface area contributed by atoms with Crippen molar-refractivity contribution < 1.29 is 0 Å². The van der Waals surface area contributed by atoms with E-state index in [2.05, 4.69) is 27.0 Å². The van der Waals surface area contributed by atoms with Crippen molar-refractivity contribution in [3.05, 3.63) is 24.7 Å². The van der Waals surface area contributed by atoms with Crippen molar-refractivity contribution in [3.8, 4) is 0 Å². The molecule has 10 heavy (non-hydrogen) atoms. The van der Waals surface area contributed by atoms with Gasteiger partial charge in [-0.05, 0) is 6.92 Å². The van der Waals surface area contributed by atoms with Crippen molar-refractivity contribution in [2.75, 3.05) is 0 Å². The highest BCUT2D eigenvalue weighted by molar-refractivity contribution is 5.28. The van der Waals surface area contributed by atoms with Crippen LogP contribution >= 0.6 is 0 Å². The summed E-state index contributed by atoms with van der Waals surface area (Å²) < 4.78 is 0. The minimum absolute atomic E-state index is 0.682. The van der Waals surface area contributed by atoms with Crippen LogP contribution in [0.2, 0.25) is 0 Å². The Balaban J connectivity index is 2.64. The first-order valence-electron chi connectivity index (χ1n) is 2.85. The van der Waals surface area contributed by atoms with E-state index in [1.54, 1.807) is 19.3 Å². The molecular weight excluding hydrogens is 128 g/mol. The summed E-state index contributed by atoms with van der Waals surface area (Å²) in [6.45, 7) is 5.34. The van der Waals surface area contributed by atoms with Gasteiger partial charge in [0.15, 0.2) is 0 Å². The SMILES string of the molecule is C=C(C)N=Nc1cn[nH]c1. The number of allylic oxidation sites excluding steroid dienone is 1. The largest absolute Gasteiger partial charge is 0.283 e. The van der Waals surface area contributed by atoms with Crippen molar-refractivity contribution in [2.24, 2.45) is 10.2 Å². The summed E-state index contributed by atoms with van der Waals surface area (Å²) in [6, 6.07) is 0. The van der Waals surface area contributed by atoms with Gasteiger partial charge >= 0.3 is 0 Å². The van der Waals surface area contributed by atoms with Crippen LogP contribution in [0.25, 0.3) is 0 Å². The van der Waals surface area contributed by atoms with Crippen LogP contribution < -0.4 is 0 Å². The number of hydrogen-bond donors (Lipinski definition) is 1. The summed E-state index contributed by atoms with van der Waals surface area (Å²) in [5.41, 5.74) is 1.39. The third kappa shape index (κ3) is 1.81. The van der Waals surface area contributed by atoms with Crippen LogP contribution in [0.15, 0.2) is 34.9 Å². The molecule has 0 aromatic carbocycles. The second-order valence-electron chi connectivity index (χ2n) is 1.89. The van der Waals surface area contributed by atoms with Crippen molar-refractivity contribution in [1.82, 2.24) is 10.2 Å². The zero-order valence-electron chi connectivity index (χ0n) is 5.70. The predicted molar refractivity (Wildman–Crippen MR) is 37.9 cm³/mol. The summed E-state index contributed by atoms with van der Waals surface area (Å²) in [5.74, 6) is 0. The Morgan fingerprint density at radius 3 is 3.10 bits per heavy atom. The van der Waals surface area contributed by atoms with Crippen LogP contribution in [0.4, 0.5) is 5.69 Å². The number of H-pyrrole nitrogens is 1. The van der Waals surface area contributed by atoms with E-state index in [0.29, 0.717) is 11.4 Å². The first-order valence-corrected chi connectivity index (χ1v) is 2.85. The zero-order chi connectivity index (χ0) is 7.40. The summed E-state index contributed by atoms with van der Waals surface area (Å²) in [4.78, 5) is 0. The molecule has 0 radical (unpaired) electrons. The lowest BCUT2D eigenvalue weighted by Crippen LogP contribution is -1.57. The summed E-state index contributed by atoms with van der Waals surface area (Å²) in [5, 5.41) is 13.8. The molecule has 0 spiro atoms. The van der Waals surface area contributed by atoms with Crippen LogP contribution in [0.3, 0.4) is 0 Å². The summed E-state index contributed by atoms with van der Waals surface area (Å²) in [6.07, 6.45) is 3.25. The van der Waals surface area contributed by atoms with Gasteiger partial charge < -0.3 is 0 Å². The van der Waals surface area contributed by atoms with Gasteiger partial charge in [0.05, 0.1) is 11.9 Å². The molecule has 1 aromatic rings. The maximum atomic E-state index is 3.80. The monoisotopic (exact) mass is 136 g/mol. The number of nitrogens with one attached hydrogen (secondary N) is 1. The Morgan fingerprint density at radius 2 is 2.60 bits per heavy atom. The molecule has 4 nitrogen and oxygen atoms in total. The van der Waals surface area contributed by atoms with E-state index < -0.39 is 0 Å². The molecule has 0 amide bonds. The van der Waals surface area contributed by atoms with Gasteiger partial charge in [-0.25, -0.2) is 0 Å². The number of rotatable bonds is 2. The molecule has 0 aliphatic heterocycles. The fourth-order valence-electron chi connectivity index (χ4n) is 0.442. The average Bonchev–Trinajstić information content (AvgIpc) is 2.34. The van der Waals surface area contributed by atoms with Crippen LogP contribution in [0.1, 0.15) is 6.92 Å². The minimum Gasteiger partial charge on any atom is -0.283 e. The fraction of sp³-hybridized carbons (Fsp3) is 0.167. The van der Waals surface area contributed by atoms with E-state index in [1.807, 2.05) is 0 Å². The van der Waals surface area contributed by atoms with Crippen molar-refractivity contribution in [2.45, 2.75) is 6.92 Å². The average molecular weight is 136 g/mol. The van der Waals surface area contributed by atoms with Gasteiger partial charge in [-0.2, -0.15) is 10.2 Å². The Bertz CT molecular complexity index is 234. The molecule has 0 atom stereocenters. The molecule has 4 heteroatoms. The third-order valence-electron chi connectivity index (χ3n) is 0.820. The summed E-state index contributed by atoms with van der Waals surface area (Å²) in [7, 11) is 0. The lowest BCUT2D eigenvalue weighted by Gasteiger charge is -1.81. The molecule has 0 saturated carbocycles. The van der Waals surface area contributed by atoms with Crippen molar-refractivity contribution in [3.63, 3.8) is 0 Å². The lowest BCUT2D eigenvalue weighted by molar-refractivity contribution is 1.09. The molecule has 1 rings (SSSR count). The van der Waals surface area contributed by atoms with Gasteiger partial charge in [-0.15, -0.1) is 5.11 Å². The number of aromatic amines is 1. The Hall–Kier alpha value is -1.45. The molecule has 52 valence electrons. The standard InChI is InChI=1S/C6H8N4/c1-5(2)9-10-6-3-7-8-4-6/h3-4H,1H2,2H3,(H,7,8). The van der Waals surface area contributed by atoms with Gasteiger partial charge in [-0.1, -0.05) is 6.58 Å². The lowest BCUT2D eigenvalue weighted by atomic mass is 10.6. The Kier molecular flexibility index (Phi) is 1.94. The van der Waals surface area contributed by atoms with Crippen LogP contribution in [-0.4, -0.2) is 10.2 Å². The van der Waals surface area contributed by atoms with Crippen molar-refractivity contribution >= 4 is 5.69 Å². The molecule has 0 saturated heterocycles. The van der Waals surface area contributed by atoms with E-state index in [4.69, 9.17) is 0 Å². The molecule has 0 bridgehead atoms. The van der Waals surface area contributed by atoms with E-state index >= 15 is 0 Å². The number of azo groups is 1. The number of aromatic nitrogens is 2. The first-order chi connectivity index (χ1) is 4.79. The molecule has 0 aliphatic rings. The van der Waals surface area contributed by atoms with Gasteiger partial charge in [0.25, 0.3) is 0 Å². The van der Waals surface area contributed by atoms with E-state index in [9.17, 15) is 0 Å². The first kappa shape index (κ1) is 6.67. The highest BCUT2D eigenvalue weighted by atomic mass is 15.2. The van der Waals surface area contributed by atoms with E-state index in [1.165, 1.54) is 0 Å². The molecular formula is C6H8N4. The molecule has 1 heterocycles. The molecule has 0 fully saturated rings. The highest BCUT2D eigenvalue weighted by Crippen LogP contribution is 2.08. The fourth-order valence-corrected chi connectivity index (χ4v) is 0.442. The van der Waals surface area contributed by atoms with E-state index in [-0.39, 0.29) is 0 Å². The van der Waals surface area contributed by atoms with Gasteiger partial charge in [-0.3, -0.25) is 5.10 Å². The van der Waals surface area contributed by atoms with Crippen LogP contribution in [0, 0.1) is 0 Å². The van der Waals surface area contributed by atoms with Gasteiger partial charge in [0.1, 0.15) is 5.69 Å². The topological polar surface area (TPSA) is 53.4 Å². The summed E-state index contributed by atoms with van der Waals surface area (Å²) >= 11 is 0.